The molecule has 0 spiro atoms. The Morgan fingerprint density at radius 2 is 1.79 bits per heavy atom. The maximum atomic E-state index is 13.1. The second-order valence-electron chi connectivity index (χ2n) is 7.39. The number of amides is 3. The summed E-state index contributed by atoms with van der Waals surface area (Å²) in [6.07, 6.45) is 5.98. The first-order chi connectivity index (χ1) is 14.0. The minimum absolute atomic E-state index is 0.112. The molecule has 0 unspecified atom stereocenters. The van der Waals surface area contributed by atoms with E-state index >= 15 is 0 Å². The summed E-state index contributed by atoms with van der Waals surface area (Å²) in [5, 5.41) is 2.93. The van der Waals surface area contributed by atoms with Crippen LogP contribution in [0.1, 0.15) is 23.2 Å². The van der Waals surface area contributed by atoms with Gasteiger partial charge in [-0.3, -0.25) is 14.4 Å². The van der Waals surface area contributed by atoms with Gasteiger partial charge in [-0.25, -0.2) is 0 Å². The van der Waals surface area contributed by atoms with E-state index in [-0.39, 0.29) is 30.4 Å². The van der Waals surface area contributed by atoms with Crippen molar-refractivity contribution in [2.24, 2.45) is 0 Å². The Morgan fingerprint density at radius 3 is 2.48 bits per heavy atom. The van der Waals surface area contributed by atoms with Gasteiger partial charge in [-0.05, 0) is 37.1 Å². The van der Waals surface area contributed by atoms with Gasteiger partial charge in [-0.15, -0.1) is 6.42 Å². The molecule has 8 nitrogen and oxygen atoms in total. The SMILES string of the molecule is C#CCO[C@@H]1CCN2C(=O)[C@@H]3[C@H](NC(=O)c4ccc(OC)cc4)CCN3C(=O)[C@H]12. The van der Waals surface area contributed by atoms with Crippen molar-refractivity contribution in [2.45, 2.75) is 37.1 Å². The fourth-order valence-corrected chi connectivity index (χ4v) is 4.46. The van der Waals surface area contributed by atoms with Crippen LogP contribution in [-0.2, 0) is 14.3 Å². The highest BCUT2D eigenvalue weighted by Crippen LogP contribution is 2.33. The van der Waals surface area contributed by atoms with Crippen LogP contribution in [0.25, 0.3) is 0 Å². The van der Waals surface area contributed by atoms with E-state index in [0.717, 1.165) is 0 Å². The molecular weight excluding hydrogens is 374 g/mol. The van der Waals surface area contributed by atoms with Crippen molar-refractivity contribution >= 4 is 17.7 Å². The Balaban J connectivity index is 1.48. The second-order valence-corrected chi connectivity index (χ2v) is 7.39. The van der Waals surface area contributed by atoms with Crippen molar-refractivity contribution in [1.29, 1.82) is 0 Å². The number of carbonyl (C=O) groups is 3. The third-order valence-electron chi connectivity index (χ3n) is 5.86. The highest BCUT2D eigenvalue weighted by atomic mass is 16.5. The minimum Gasteiger partial charge on any atom is -0.497 e. The molecule has 0 radical (unpaired) electrons. The molecule has 4 rings (SSSR count). The molecule has 3 saturated heterocycles. The van der Waals surface area contributed by atoms with Crippen LogP contribution in [0.4, 0.5) is 0 Å². The number of benzene rings is 1. The lowest BCUT2D eigenvalue weighted by atomic mass is 10.0. The lowest BCUT2D eigenvalue weighted by Crippen LogP contribution is -2.66. The predicted octanol–water partition coefficient (Wildman–Crippen LogP) is 0.0274. The average Bonchev–Trinajstić information content (AvgIpc) is 3.35. The zero-order valence-corrected chi connectivity index (χ0v) is 16.2. The van der Waals surface area contributed by atoms with E-state index in [4.69, 9.17) is 15.9 Å². The maximum absolute atomic E-state index is 13.1. The van der Waals surface area contributed by atoms with Crippen molar-refractivity contribution in [3.8, 4) is 18.1 Å². The summed E-state index contributed by atoms with van der Waals surface area (Å²) in [5.41, 5.74) is 0.473. The Kier molecular flexibility index (Phi) is 5.16. The number of nitrogens with zero attached hydrogens (tertiary/aromatic N) is 2. The molecule has 0 bridgehead atoms. The number of ether oxygens (including phenoxy) is 2. The van der Waals surface area contributed by atoms with Crippen molar-refractivity contribution in [3.05, 3.63) is 29.8 Å². The standard InChI is InChI=1S/C21H23N3O5/c1-3-12-29-16-9-11-24-18(16)21(27)23-10-8-15(17(23)20(24)26)22-19(25)13-4-6-14(28-2)7-5-13/h1,4-7,15-18H,8-12H2,2H3,(H,22,25)/t15-,16-,17+,18+/m1/s1. The molecular formula is C21H23N3O5. The number of methoxy groups -OCH3 is 1. The van der Waals surface area contributed by atoms with Crippen LogP contribution in [-0.4, -0.2) is 78.6 Å². The molecule has 4 atom stereocenters. The predicted molar refractivity (Wildman–Crippen MR) is 103 cm³/mol. The van der Waals surface area contributed by atoms with E-state index in [2.05, 4.69) is 11.2 Å². The first kappa shape index (κ1) is 19.3. The molecule has 3 aliphatic rings. The van der Waals surface area contributed by atoms with Crippen LogP contribution in [0.5, 0.6) is 5.75 Å². The van der Waals surface area contributed by atoms with Gasteiger partial charge in [0, 0.05) is 18.7 Å². The van der Waals surface area contributed by atoms with E-state index in [1.54, 1.807) is 41.2 Å². The number of terminal acetylenes is 1. The number of hydrogen-bond acceptors (Lipinski definition) is 5. The smallest absolute Gasteiger partial charge is 0.251 e. The quantitative estimate of drug-likeness (QED) is 0.709. The Labute approximate surface area is 169 Å². The van der Waals surface area contributed by atoms with E-state index in [1.165, 1.54) is 0 Å². The Morgan fingerprint density at radius 1 is 1.14 bits per heavy atom. The summed E-state index contributed by atoms with van der Waals surface area (Å²) >= 11 is 0. The van der Waals surface area contributed by atoms with Gasteiger partial charge in [-0.2, -0.15) is 0 Å². The zero-order chi connectivity index (χ0) is 20.5. The van der Waals surface area contributed by atoms with Crippen LogP contribution in [0, 0.1) is 12.3 Å². The lowest BCUT2D eigenvalue weighted by molar-refractivity contribution is -0.161. The van der Waals surface area contributed by atoms with E-state index in [9.17, 15) is 14.4 Å². The van der Waals surface area contributed by atoms with Crippen molar-refractivity contribution in [3.63, 3.8) is 0 Å². The first-order valence-electron chi connectivity index (χ1n) is 9.66. The average molecular weight is 397 g/mol. The van der Waals surface area contributed by atoms with Crippen LogP contribution >= 0.6 is 0 Å². The summed E-state index contributed by atoms with van der Waals surface area (Å²) in [6, 6.07) is 5.02. The second kappa shape index (κ2) is 7.76. The molecule has 3 fully saturated rings. The minimum atomic E-state index is -0.674. The largest absolute Gasteiger partial charge is 0.497 e. The summed E-state index contributed by atoms with van der Waals surface area (Å²) in [5.74, 6) is 2.52. The molecule has 29 heavy (non-hydrogen) atoms. The summed E-state index contributed by atoms with van der Waals surface area (Å²) in [6.45, 7) is 0.989. The molecule has 3 aliphatic heterocycles. The van der Waals surface area contributed by atoms with E-state index in [0.29, 0.717) is 37.2 Å². The molecule has 0 aromatic heterocycles. The lowest BCUT2D eigenvalue weighted by Gasteiger charge is -2.41. The van der Waals surface area contributed by atoms with Gasteiger partial charge in [0.2, 0.25) is 11.8 Å². The van der Waals surface area contributed by atoms with Gasteiger partial charge in [0.25, 0.3) is 5.91 Å². The van der Waals surface area contributed by atoms with Gasteiger partial charge in [0.15, 0.2) is 0 Å². The summed E-state index contributed by atoms with van der Waals surface area (Å²) in [4.78, 5) is 42.0. The van der Waals surface area contributed by atoms with Crippen molar-refractivity contribution in [2.75, 3.05) is 26.8 Å². The maximum Gasteiger partial charge on any atom is 0.251 e. The van der Waals surface area contributed by atoms with Crippen LogP contribution in [0.15, 0.2) is 24.3 Å². The molecule has 0 saturated carbocycles. The number of nitrogens with one attached hydrogen (secondary N) is 1. The molecule has 0 aliphatic carbocycles. The molecule has 1 aromatic carbocycles. The summed E-state index contributed by atoms with van der Waals surface area (Å²) in [7, 11) is 1.56. The number of fused-ring (bicyclic) bond motifs is 2. The zero-order valence-electron chi connectivity index (χ0n) is 16.2. The Hall–Kier alpha value is -3.05. The van der Waals surface area contributed by atoms with E-state index in [1.807, 2.05) is 0 Å². The third-order valence-corrected chi connectivity index (χ3v) is 5.86. The molecule has 1 aromatic rings. The third kappa shape index (κ3) is 3.32. The van der Waals surface area contributed by atoms with Gasteiger partial charge in [0.1, 0.15) is 24.4 Å². The topological polar surface area (TPSA) is 88.2 Å². The van der Waals surface area contributed by atoms with Crippen molar-refractivity contribution in [1.82, 2.24) is 15.1 Å². The van der Waals surface area contributed by atoms with Crippen LogP contribution in [0.3, 0.4) is 0 Å². The van der Waals surface area contributed by atoms with Crippen molar-refractivity contribution < 1.29 is 23.9 Å². The molecule has 3 amide bonds. The number of piperazine rings is 1. The number of carbonyl (C=O) groups excluding carboxylic acids is 3. The van der Waals surface area contributed by atoms with E-state index < -0.39 is 18.1 Å². The number of hydrogen-bond donors (Lipinski definition) is 1. The fraction of sp³-hybridized carbons (Fsp3) is 0.476. The molecule has 1 N–H and O–H groups in total. The monoisotopic (exact) mass is 397 g/mol. The van der Waals surface area contributed by atoms with Gasteiger partial charge in [-0.1, -0.05) is 5.92 Å². The highest BCUT2D eigenvalue weighted by molar-refractivity contribution is 6.00. The molecule has 3 heterocycles. The van der Waals surface area contributed by atoms with Crippen LogP contribution in [0.2, 0.25) is 0 Å². The van der Waals surface area contributed by atoms with Gasteiger partial charge < -0.3 is 24.6 Å². The molecule has 152 valence electrons. The van der Waals surface area contributed by atoms with Gasteiger partial charge >= 0.3 is 0 Å². The number of rotatable bonds is 5. The highest BCUT2D eigenvalue weighted by Gasteiger charge is 2.56. The fourth-order valence-electron chi connectivity index (χ4n) is 4.46. The summed E-state index contributed by atoms with van der Waals surface area (Å²) < 4.78 is 10.7. The van der Waals surface area contributed by atoms with Gasteiger partial charge in [0.05, 0.1) is 19.3 Å². The normalized spacial score (nSPS) is 28.0. The molecule has 8 heteroatoms. The Bertz CT molecular complexity index is 862. The van der Waals surface area contributed by atoms with Crippen LogP contribution < -0.4 is 10.1 Å². The first-order valence-corrected chi connectivity index (χ1v) is 9.66.